The Hall–Kier alpha value is -1.28. The van der Waals surface area contributed by atoms with Gasteiger partial charge in [0.15, 0.2) is 0 Å². The first-order valence-electron chi connectivity index (χ1n) is 8.03. The van der Waals surface area contributed by atoms with Crippen LogP contribution < -0.4 is 5.73 Å². The summed E-state index contributed by atoms with van der Waals surface area (Å²) in [6.45, 7) is 4.29. The van der Waals surface area contributed by atoms with Crippen LogP contribution in [0.15, 0.2) is 12.1 Å². The summed E-state index contributed by atoms with van der Waals surface area (Å²) in [5, 5.41) is 1.43. The molecule has 3 N–H and O–H groups in total. The van der Waals surface area contributed by atoms with Crippen LogP contribution in [0, 0.1) is 6.92 Å². The number of nitrogens with one attached hydrogen (secondary N) is 1. The van der Waals surface area contributed by atoms with Gasteiger partial charge in [0, 0.05) is 22.6 Å². The summed E-state index contributed by atoms with van der Waals surface area (Å²) in [6.07, 6.45) is 8.71. The number of rotatable bonds is 3. The quantitative estimate of drug-likeness (QED) is 0.813. The molecule has 20 heavy (non-hydrogen) atoms. The monoisotopic (exact) mass is 270 g/mol. The number of aromatic amines is 1. The second kappa shape index (κ2) is 5.61. The van der Waals surface area contributed by atoms with Crippen molar-refractivity contribution in [1.29, 1.82) is 0 Å². The fraction of sp³-hybridized carbons (Fsp3) is 0.556. The SMILES string of the molecule is Cc1[nH]c2cc3c(cc2c1CCC(C)N)CCCCC3. The van der Waals surface area contributed by atoms with Crippen LogP contribution in [0.25, 0.3) is 10.9 Å². The van der Waals surface area contributed by atoms with Gasteiger partial charge in [0.25, 0.3) is 0 Å². The predicted octanol–water partition coefficient (Wildman–Crippen LogP) is 4.03. The Bertz CT molecular complexity index is 607. The number of fused-ring (bicyclic) bond motifs is 2. The third-order valence-corrected chi connectivity index (χ3v) is 4.68. The lowest BCUT2D eigenvalue weighted by atomic mass is 9.97. The number of aromatic nitrogens is 1. The van der Waals surface area contributed by atoms with Crippen molar-refractivity contribution < 1.29 is 0 Å². The highest BCUT2D eigenvalue weighted by atomic mass is 14.7. The summed E-state index contributed by atoms with van der Waals surface area (Å²) < 4.78 is 0. The van der Waals surface area contributed by atoms with E-state index in [9.17, 15) is 0 Å². The molecule has 1 heterocycles. The molecule has 0 saturated heterocycles. The molecule has 2 aromatic rings. The topological polar surface area (TPSA) is 41.8 Å². The predicted molar refractivity (Wildman–Crippen MR) is 86.3 cm³/mol. The van der Waals surface area contributed by atoms with Crippen molar-refractivity contribution in [3.8, 4) is 0 Å². The molecule has 108 valence electrons. The zero-order chi connectivity index (χ0) is 14.1. The molecule has 2 heteroatoms. The summed E-state index contributed by atoms with van der Waals surface area (Å²) in [4.78, 5) is 3.58. The van der Waals surface area contributed by atoms with E-state index in [-0.39, 0.29) is 6.04 Å². The number of hydrogen-bond acceptors (Lipinski definition) is 1. The third-order valence-electron chi connectivity index (χ3n) is 4.68. The Morgan fingerprint density at radius 2 is 1.85 bits per heavy atom. The van der Waals surface area contributed by atoms with Crippen LogP contribution in [0.5, 0.6) is 0 Å². The van der Waals surface area contributed by atoms with E-state index in [1.165, 1.54) is 54.3 Å². The summed E-state index contributed by atoms with van der Waals surface area (Å²) >= 11 is 0. The van der Waals surface area contributed by atoms with Gasteiger partial charge in [-0.25, -0.2) is 0 Å². The summed E-state index contributed by atoms with van der Waals surface area (Å²) in [6, 6.07) is 5.13. The lowest BCUT2D eigenvalue weighted by molar-refractivity contribution is 0.666. The van der Waals surface area contributed by atoms with Crippen LogP contribution >= 0.6 is 0 Å². The minimum Gasteiger partial charge on any atom is -0.358 e. The highest BCUT2D eigenvalue weighted by Crippen LogP contribution is 2.30. The minimum atomic E-state index is 0.278. The molecule has 1 aliphatic carbocycles. The maximum Gasteiger partial charge on any atom is 0.0461 e. The van der Waals surface area contributed by atoms with E-state index in [2.05, 4.69) is 31.0 Å². The van der Waals surface area contributed by atoms with Gasteiger partial charge in [-0.15, -0.1) is 0 Å². The van der Waals surface area contributed by atoms with Crippen molar-refractivity contribution >= 4 is 10.9 Å². The number of nitrogens with two attached hydrogens (primary N) is 1. The standard InChI is InChI=1S/C18H26N2/c1-12(19)8-9-16-13(2)20-18-11-15-7-5-3-4-6-14(15)10-17(16)18/h10-12,20H,3-9,19H2,1-2H3. The lowest BCUT2D eigenvalue weighted by Crippen LogP contribution is -2.15. The van der Waals surface area contributed by atoms with E-state index in [0.717, 1.165) is 12.8 Å². The Morgan fingerprint density at radius 3 is 2.55 bits per heavy atom. The summed E-state index contributed by atoms with van der Waals surface area (Å²) in [5.41, 5.74) is 13.2. The molecule has 1 aromatic carbocycles. The van der Waals surface area contributed by atoms with Crippen molar-refractivity contribution in [3.05, 3.63) is 34.5 Å². The molecule has 3 rings (SSSR count). The average Bonchev–Trinajstić information content (AvgIpc) is 2.58. The van der Waals surface area contributed by atoms with Crippen LogP contribution in [0.4, 0.5) is 0 Å². The first-order valence-corrected chi connectivity index (χ1v) is 8.03. The second-order valence-electron chi connectivity index (χ2n) is 6.47. The molecule has 0 bridgehead atoms. The Kier molecular flexibility index (Phi) is 3.84. The first kappa shape index (κ1) is 13.7. The van der Waals surface area contributed by atoms with Gasteiger partial charge in [0.1, 0.15) is 0 Å². The van der Waals surface area contributed by atoms with Crippen molar-refractivity contribution in [3.63, 3.8) is 0 Å². The lowest BCUT2D eigenvalue weighted by Gasteiger charge is -2.08. The normalized spacial score (nSPS) is 16.9. The van der Waals surface area contributed by atoms with Crippen molar-refractivity contribution in [2.75, 3.05) is 0 Å². The van der Waals surface area contributed by atoms with E-state index in [1.54, 1.807) is 11.1 Å². The first-order chi connectivity index (χ1) is 9.65. The average molecular weight is 270 g/mol. The highest BCUT2D eigenvalue weighted by molar-refractivity contribution is 5.86. The summed E-state index contributed by atoms with van der Waals surface area (Å²) in [5.74, 6) is 0. The maximum atomic E-state index is 5.92. The van der Waals surface area contributed by atoms with Gasteiger partial charge in [-0.3, -0.25) is 0 Å². The fourth-order valence-electron chi connectivity index (χ4n) is 3.49. The highest BCUT2D eigenvalue weighted by Gasteiger charge is 2.14. The fourth-order valence-corrected chi connectivity index (χ4v) is 3.49. The van der Waals surface area contributed by atoms with Crippen LogP contribution in [-0.2, 0) is 19.3 Å². The molecule has 1 aliphatic rings. The third kappa shape index (κ3) is 2.62. The number of H-pyrrole nitrogens is 1. The molecule has 0 saturated carbocycles. The van der Waals surface area contributed by atoms with Crippen molar-refractivity contribution in [2.45, 2.75) is 64.8 Å². The van der Waals surface area contributed by atoms with Gasteiger partial charge in [0.2, 0.25) is 0 Å². The smallest absolute Gasteiger partial charge is 0.0461 e. The van der Waals surface area contributed by atoms with Crippen LogP contribution in [0.3, 0.4) is 0 Å². The minimum absolute atomic E-state index is 0.278. The van der Waals surface area contributed by atoms with Crippen LogP contribution in [0.2, 0.25) is 0 Å². The van der Waals surface area contributed by atoms with E-state index >= 15 is 0 Å². The van der Waals surface area contributed by atoms with E-state index in [0.29, 0.717) is 0 Å². The van der Waals surface area contributed by atoms with Gasteiger partial charge >= 0.3 is 0 Å². The van der Waals surface area contributed by atoms with E-state index < -0.39 is 0 Å². The van der Waals surface area contributed by atoms with Gasteiger partial charge < -0.3 is 10.7 Å². The molecular formula is C18H26N2. The van der Waals surface area contributed by atoms with E-state index in [1.807, 2.05) is 0 Å². The van der Waals surface area contributed by atoms with Gasteiger partial charge in [-0.2, -0.15) is 0 Å². The molecule has 0 fully saturated rings. The maximum absolute atomic E-state index is 5.92. The largest absolute Gasteiger partial charge is 0.358 e. The van der Waals surface area contributed by atoms with Gasteiger partial charge in [0.05, 0.1) is 0 Å². The van der Waals surface area contributed by atoms with Gasteiger partial charge in [-0.1, -0.05) is 6.42 Å². The van der Waals surface area contributed by atoms with Crippen LogP contribution in [0.1, 0.15) is 55.0 Å². The molecule has 1 aromatic heterocycles. The number of hydrogen-bond donors (Lipinski definition) is 2. The second-order valence-corrected chi connectivity index (χ2v) is 6.47. The molecule has 0 radical (unpaired) electrons. The molecular weight excluding hydrogens is 244 g/mol. The number of aryl methyl sites for hydroxylation is 4. The van der Waals surface area contributed by atoms with Crippen molar-refractivity contribution in [1.82, 2.24) is 4.98 Å². The Morgan fingerprint density at radius 1 is 1.15 bits per heavy atom. The molecule has 0 spiro atoms. The van der Waals surface area contributed by atoms with Gasteiger partial charge in [-0.05, 0) is 81.2 Å². The zero-order valence-electron chi connectivity index (χ0n) is 12.8. The van der Waals surface area contributed by atoms with E-state index in [4.69, 9.17) is 5.73 Å². The summed E-state index contributed by atoms with van der Waals surface area (Å²) in [7, 11) is 0. The Balaban J connectivity index is 2.03. The molecule has 1 unspecified atom stereocenters. The molecule has 1 atom stereocenters. The molecule has 2 nitrogen and oxygen atoms in total. The van der Waals surface area contributed by atoms with Crippen LogP contribution in [-0.4, -0.2) is 11.0 Å². The zero-order valence-corrected chi connectivity index (χ0v) is 12.8. The Labute approximate surface area is 121 Å². The van der Waals surface area contributed by atoms with Crippen molar-refractivity contribution in [2.24, 2.45) is 5.73 Å². The molecule has 0 amide bonds. The molecule has 0 aliphatic heterocycles. The number of benzene rings is 1.